The molecule has 80 valence electrons. The summed E-state index contributed by atoms with van der Waals surface area (Å²) in [6.45, 7) is 2.46. The van der Waals surface area contributed by atoms with Crippen LogP contribution in [0.1, 0.15) is 12.5 Å². The van der Waals surface area contributed by atoms with Crippen molar-refractivity contribution in [1.29, 1.82) is 5.26 Å². The number of pyridine rings is 1. The number of nitriles is 1. The first-order valence-corrected chi connectivity index (χ1v) is 6.20. The molecule has 5 heteroatoms. The summed E-state index contributed by atoms with van der Waals surface area (Å²) in [7, 11) is -0.782. The van der Waals surface area contributed by atoms with Gasteiger partial charge in [-0.3, -0.25) is 4.21 Å². The highest BCUT2D eigenvalue weighted by Crippen LogP contribution is 2.08. The molecule has 1 atom stereocenters. The number of nitrogens with zero attached hydrogens (tertiary/aromatic N) is 2. The van der Waals surface area contributed by atoms with Crippen LogP contribution in [0, 0.1) is 11.3 Å². The zero-order valence-corrected chi connectivity index (χ0v) is 9.38. The summed E-state index contributed by atoms with van der Waals surface area (Å²) in [5.41, 5.74) is 0.514. The largest absolute Gasteiger partial charge is 0.368 e. The maximum absolute atomic E-state index is 11.1. The van der Waals surface area contributed by atoms with Crippen LogP contribution in [0.25, 0.3) is 0 Å². The second-order valence-corrected chi connectivity index (χ2v) is 4.74. The Morgan fingerprint density at radius 2 is 2.47 bits per heavy atom. The molecule has 0 bridgehead atoms. The van der Waals surface area contributed by atoms with Crippen LogP contribution in [0.3, 0.4) is 0 Å². The van der Waals surface area contributed by atoms with Crippen LogP contribution in [-0.4, -0.2) is 27.2 Å². The zero-order valence-electron chi connectivity index (χ0n) is 8.56. The quantitative estimate of drug-likeness (QED) is 0.812. The molecule has 0 fully saturated rings. The Hall–Kier alpha value is -1.41. The molecule has 1 aromatic rings. The second-order valence-electron chi connectivity index (χ2n) is 2.87. The summed E-state index contributed by atoms with van der Waals surface area (Å²) in [6.07, 6.45) is 1.62. The smallest absolute Gasteiger partial charge is 0.143 e. The Labute approximate surface area is 91.8 Å². The average molecular weight is 223 g/mol. The van der Waals surface area contributed by atoms with Gasteiger partial charge in [-0.15, -0.1) is 0 Å². The van der Waals surface area contributed by atoms with Crippen LogP contribution < -0.4 is 5.32 Å². The minimum Gasteiger partial charge on any atom is -0.368 e. The molecule has 1 heterocycles. The first-order chi connectivity index (χ1) is 7.27. The SMILES string of the molecule is CCS(=O)CCNc1ncccc1C#N. The Bertz CT molecular complexity index is 386. The fourth-order valence-corrected chi connectivity index (χ4v) is 1.68. The van der Waals surface area contributed by atoms with Crippen LogP contribution in [0.2, 0.25) is 0 Å². The monoisotopic (exact) mass is 223 g/mol. The van der Waals surface area contributed by atoms with Crippen molar-refractivity contribution < 1.29 is 4.21 Å². The molecular weight excluding hydrogens is 210 g/mol. The van der Waals surface area contributed by atoms with Crippen molar-refractivity contribution in [3.63, 3.8) is 0 Å². The van der Waals surface area contributed by atoms with Crippen molar-refractivity contribution in [3.05, 3.63) is 23.9 Å². The van der Waals surface area contributed by atoms with Crippen LogP contribution >= 0.6 is 0 Å². The second kappa shape index (κ2) is 6.14. The van der Waals surface area contributed by atoms with E-state index in [1.807, 2.05) is 13.0 Å². The van der Waals surface area contributed by atoms with E-state index < -0.39 is 10.8 Å². The Kier molecular flexibility index (Phi) is 4.78. The van der Waals surface area contributed by atoms with E-state index in [0.29, 0.717) is 29.4 Å². The molecule has 0 aliphatic rings. The molecule has 0 spiro atoms. The summed E-state index contributed by atoms with van der Waals surface area (Å²) in [4.78, 5) is 4.04. The summed E-state index contributed by atoms with van der Waals surface area (Å²) >= 11 is 0. The van der Waals surface area contributed by atoms with Gasteiger partial charge in [-0.25, -0.2) is 4.98 Å². The van der Waals surface area contributed by atoms with Crippen molar-refractivity contribution in [2.75, 3.05) is 23.4 Å². The van der Waals surface area contributed by atoms with Crippen LogP contribution in [-0.2, 0) is 10.8 Å². The van der Waals surface area contributed by atoms with Gasteiger partial charge in [0.05, 0.1) is 5.56 Å². The third-order valence-electron chi connectivity index (χ3n) is 1.87. The van der Waals surface area contributed by atoms with E-state index in [2.05, 4.69) is 10.3 Å². The predicted octanol–water partition coefficient (Wildman–Crippen LogP) is 1.13. The fraction of sp³-hybridized carbons (Fsp3) is 0.400. The van der Waals surface area contributed by atoms with Gasteiger partial charge in [0.1, 0.15) is 11.9 Å². The van der Waals surface area contributed by atoms with Crippen molar-refractivity contribution >= 4 is 16.6 Å². The van der Waals surface area contributed by atoms with Crippen LogP contribution in [0.4, 0.5) is 5.82 Å². The van der Waals surface area contributed by atoms with Gasteiger partial charge >= 0.3 is 0 Å². The van der Waals surface area contributed by atoms with E-state index in [9.17, 15) is 4.21 Å². The van der Waals surface area contributed by atoms with Gasteiger partial charge in [0.2, 0.25) is 0 Å². The number of nitrogens with one attached hydrogen (secondary N) is 1. The minimum atomic E-state index is -0.782. The topological polar surface area (TPSA) is 65.8 Å². The maximum atomic E-state index is 11.1. The fourth-order valence-electron chi connectivity index (χ4n) is 1.06. The zero-order chi connectivity index (χ0) is 11.1. The lowest BCUT2D eigenvalue weighted by atomic mass is 10.3. The molecule has 4 nitrogen and oxygen atoms in total. The first kappa shape index (κ1) is 11.7. The van der Waals surface area contributed by atoms with E-state index in [4.69, 9.17) is 5.26 Å². The van der Waals surface area contributed by atoms with E-state index in [-0.39, 0.29) is 0 Å². The molecule has 0 aromatic carbocycles. The molecule has 0 saturated carbocycles. The highest BCUT2D eigenvalue weighted by Gasteiger charge is 2.01. The van der Waals surface area contributed by atoms with E-state index >= 15 is 0 Å². The van der Waals surface area contributed by atoms with E-state index in [1.54, 1.807) is 18.3 Å². The van der Waals surface area contributed by atoms with Crippen molar-refractivity contribution in [2.45, 2.75) is 6.92 Å². The highest BCUT2D eigenvalue weighted by molar-refractivity contribution is 7.84. The molecule has 0 radical (unpaired) electrons. The summed E-state index contributed by atoms with van der Waals surface area (Å²) < 4.78 is 11.1. The molecule has 0 amide bonds. The van der Waals surface area contributed by atoms with Crippen molar-refractivity contribution in [2.24, 2.45) is 0 Å². The number of hydrogen-bond donors (Lipinski definition) is 1. The first-order valence-electron chi connectivity index (χ1n) is 4.72. The lowest BCUT2D eigenvalue weighted by molar-refractivity contribution is 0.684. The Balaban J connectivity index is 2.51. The molecule has 1 aromatic heterocycles. The Morgan fingerprint density at radius 1 is 1.67 bits per heavy atom. The molecule has 1 rings (SSSR count). The molecule has 15 heavy (non-hydrogen) atoms. The van der Waals surface area contributed by atoms with Gasteiger partial charge in [0.15, 0.2) is 0 Å². The molecule has 1 unspecified atom stereocenters. The van der Waals surface area contributed by atoms with Gasteiger partial charge in [-0.2, -0.15) is 5.26 Å². The standard InChI is InChI=1S/C10H13N3OS/c1-2-15(14)7-6-13-10-9(8-11)4-3-5-12-10/h3-5H,2,6-7H2,1H3,(H,12,13). The van der Waals surface area contributed by atoms with Gasteiger partial charge < -0.3 is 5.32 Å². The lowest BCUT2D eigenvalue weighted by Crippen LogP contribution is -2.13. The lowest BCUT2D eigenvalue weighted by Gasteiger charge is -2.05. The highest BCUT2D eigenvalue weighted by atomic mass is 32.2. The number of rotatable bonds is 5. The summed E-state index contributed by atoms with van der Waals surface area (Å²) in [5.74, 6) is 1.81. The normalized spacial score (nSPS) is 11.7. The van der Waals surface area contributed by atoms with Crippen molar-refractivity contribution in [1.82, 2.24) is 4.98 Å². The number of hydrogen-bond acceptors (Lipinski definition) is 4. The average Bonchev–Trinajstić information content (AvgIpc) is 2.29. The molecule has 0 aliphatic heterocycles. The van der Waals surface area contributed by atoms with Gasteiger partial charge in [-0.1, -0.05) is 6.92 Å². The molecule has 0 saturated heterocycles. The van der Waals surface area contributed by atoms with E-state index in [1.165, 1.54) is 0 Å². The van der Waals surface area contributed by atoms with Crippen LogP contribution in [0.5, 0.6) is 0 Å². The van der Waals surface area contributed by atoms with E-state index in [0.717, 1.165) is 0 Å². The molecule has 0 aliphatic carbocycles. The third-order valence-corrected chi connectivity index (χ3v) is 3.18. The predicted molar refractivity (Wildman–Crippen MR) is 61.0 cm³/mol. The van der Waals surface area contributed by atoms with Gasteiger partial charge in [0.25, 0.3) is 0 Å². The van der Waals surface area contributed by atoms with Crippen LogP contribution in [0.15, 0.2) is 18.3 Å². The molecular formula is C10H13N3OS. The Morgan fingerprint density at radius 3 is 3.13 bits per heavy atom. The summed E-state index contributed by atoms with van der Waals surface area (Å²) in [5, 5.41) is 11.8. The van der Waals surface area contributed by atoms with Crippen molar-refractivity contribution in [3.8, 4) is 6.07 Å². The maximum Gasteiger partial charge on any atom is 0.143 e. The van der Waals surface area contributed by atoms with Gasteiger partial charge in [0, 0.05) is 35.0 Å². The van der Waals surface area contributed by atoms with Gasteiger partial charge in [-0.05, 0) is 12.1 Å². The third kappa shape index (κ3) is 3.68. The number of anilines is 1. The minimum absolute atomic E-state index is 0.514. The summed E-state index contributed by atoms with van der Waals surface area (Å²) in [6, 6.07) is 5.46. The molecule has 1 N–H and O–H groups in total. The number of aromatic nitrogens is 1.